The Morgan fingerprint density at radius 3 is 2.80 bits per heavy atom. The summed E-state index contributed by atoms with van der Waals surface area (Å²) in [6, 6.07) is 4.78. The number of phenols is 1. The van der Waals surface area contributed by atoms with Gasteiger partial charge in [-0.2, -0.15) is 5.10 Å². The summed E-state index contributed by atoms with van der Waals surface area (Å²) >= 11 is 6.54. The lowest BCUT2D eigenvalue weighted by Gasteiger charge is -2.02. The van der Waals surface area contributed by atoms with E-state index in [-0.39, 0.29) is 11.7 Å². The van der Waals surface area contributed by atoms with Crippen molar-refractivity contribution in [2.24, 2.45) is 5.10 Å². The Labute approximate surface area is 131 Å². The van der Waals surface area contributed by atoms with Crippen LogP contribution in [0.4, 0.5) is 0 Å². The molecule has 1 aromatic carbocycles. The van der Waals surface area contributed by atoms with Crippen LogP contribution in [0.25, 0.3) is 0 Å². The number of hydrogen-bond donors (Lipinski definition) is 2. The fourth-order valence-corrected chi connectivity index (χ4v) is 2.59. The zero-order chi connectivity index (χ0) is 14.7. The molecule has 0 fully saturated rings. The molecular weight excluding hydrogens is 392 g/mol. The Kier molecular flexibility index (Phi) is 4.61. The van der Waals surface area contributed by atoms with Crippen molar-refractivity contribution in [3.05, 3.63) is 50.3 Å². The first kappa shape index (κ1) is 14.8. The first-order valence-corrected chi connectivity index (χ1v) is 7.13. The van der Waals surface area contributed by atoms with Gasteiger partial charge in [-0.05, 0) is 41.1 Å². The van der Waals surface area contributed by atoms with E-state index in [2.05, 4.69) is 42.4 Å². The number of nitrogens with one attached hydrogen (secondary N) is 1. The zero-order valence-electron chi connectivity index (χ0n) is 10.4. The van der Waals surface area contributed by atoms with E-state index >= 15 is 0 Å². The molecule has 1 aromatic heterocycles. The SMILES string of the molecule is Cc1occc1C(=O)NN=Cc1cc(O)c(Br)cc1Br. The second-order valence-corrected chi connectivity index (χ2v) is 5.62. The number of carbonyl (C=O) groups is 1. The van der Waals surface area contributed by atoms with E-state index in [1.165, 1.54) is 18.5 Å². The maximum atomic E-state index is 11.8. The molecular formula is C13H10Br2N2O3. The number of aryl methyl sites for hydroxylation is 1. The van der Waals surface area contributed by atoms with Crippen molar-refractivity contribution in [2.75, 3.05) is 0 Å². The number of furan rings is 1. The predicted molar refractivity (Wildman–Crippen MR) is 82.0 cm³/mol. The molecule has 0 aliphatic heterocycles. The lowest BCUT2D eigenvalue weighted by Crippen LogP contribution is -2.17. The summed E-state index contributed by atoms with van der Waals surface area (Å²) in [5.74, 6) is 0.261. The van der Waals surface area contributed by atoms with Crippen LogP contribution < -0.4 is 5.43 Å². The summed E-state index contributed by atoms with van der Waals surface area (Å²) in [5.41, 5.74) is 3.46. The van der Waals surface area contributed by atoms with Gasteiger partial charge < -0.3 is 9.52 Å². The first-order valence-electron chi connectivity index (χ1n) is 5.54. The Balaban J connectivity index is 2.09. The van der Waals surface area contributed by atoms with Gasteiger partial charge in [-0.3, -0.25) is 4.79 Å². The molecule has 0 aliphatic carbocycles. The van der Waals surface area contributed by atoms with Crippen LogP contribution in [-0.2, 0) is 0 Å². The van der Waals surface area contributed by atoms with Gasteiger partial charge in [-0.1, -0.05) is 15.9 Å². The Morgan fingerprint density at radius 1 is 1.40 bits per heavy atom. The van der Waals surface area contributed by atoms with Crippen LogP contribution in [0.1, 0.15) is 21.7 Å². The van der Waals surface area contributed by atoms with Crippen LogP contribution >= 0.6 is 31.9 Å². The molecule has 2 N–H and O–H groups in total. The molecule has 0 unspecified atom stereocenters. The number of carbonyl (C=O) groups excluding carboxylic acids is 1. The molecule has 0 radical (unpaired) electrons. The minimum Gasteiger partial charge on any atom is -0.507 e. The number of amides is 1. The number of phenolic OH excluding ortho intramolecular Hbond substituents is 1. The highest BCUT2D eigenvalue weighted by Gasteiger charge is 2.10. The van der Waals surface area contributed by atoms with Crippen molar-refractivity contribution in [1.82, 2.24) is 5.43 Å². The topological polar surface area (TPSA) is 74.8 Å². The van der Waals surface area contributed by atoms with Crippen LogP contribution in [0.3, 0.4) is 0 Å². The molecule has 104 valence electrons. The van der Waals surface area contributed by atoms with Crippen LogP contribution in [-0.4, -0.2) is 17.2 Å². The van der Waals surface area contributed by atoms with Gasteiger partial charge in [0.25, 0.3) is 5.91 Å². The molecule has 2 aromatic rings. The normalized spacial score (nSPS) is 10.9. The fourth-order valence-electron chi connectivity index (χ4n) is 1.49. The molecule has 1 heterocycles. The third-order valence-electron chi connectivity index (χ3n) is 2.54. The molecule has 0 atom stereocenters. The fraction of sp³-hybridized carbons (Fsp3) is 0.0769. The second-order valence-electron chi connectivity index (χ2n) is 3.91. The van der Waals surface area contributed by atoms with Crippen molar-refractivity contribution in [2.45, 2.75) is 6.92 Å². The first-order chi connectivity index (χ1) is 9.49. The Bertz CT molecular complexity index is 680. The molecule has 7 heteroatoms. The number of rotatable bonds is 3. The highest BCUT2D eigenvalue weighted by atomic mass is 79.9. The van der Waals surface area contributed by atoms with E-state index in [4.69, 9.17) is 4.42 Å². The summed E-state index contributed by atoms with van der Waals surface area (Å²) in [5, 5.41) is 13.4. The summed E-state index contributed by atoms with van der Waals surface area (Å²) in [6.45, 7) is 1.70. The van der Waals surface area contributed by atoms with Gasteiger partial charge in [-0.15, -0.1) is 0 Å². The molecule has 0 saturated carbocycles. The molecule has 20 heavy (non-hydrogen) atoms. The monoisotopic (exact) mass is 400 g/mol. The van der Waals surface area contributed by atoms with Crippen LogP contribution in [0.5, 0.6) is 5.75 Å². The highest BCUT2D eigenvalue weighted by molar-refractivity contribution is 9.11. The largest absolute Gasteiger partial charge is 0.507 e. The van der Waals surface area contributed by atoms with Crippen molar-refractivity contribution in [1.29, 1.82) is 0 Å². The number of hydrazone groups is 1. The number of aromatic hydroxyl groups is 1. The number of hydrogen-bond acceptors (Lipinski definition) is 4. The predicted octanol–water partition coefficient (Wildman–Crippen LogP) is 3.58. The molecule has 2 rings (SSSR count). The van der Waals surface area contributed by atoms with Crippen LogP contribution in [0.2, 0.25) is 0 Å². The Morgan fingerprint density at radius 2 is 2.15 bits per heavy atom. The van der Waals surface area contributed by atoms with Gasteiger partial charge in [0.15, 0.2) is 0 Å². The van der Waals surface area contributed by atoms with Crippen molar-refractivity contribution in [3.8, 4) is 5.75 Å². The second kappa shape index (κ2) is 6.23. The van der Waals surface area contributed by atoms with E-state index < -0.39 is 0 Å². The molecule has 0 aliphatic rings. The van der Waals surface area contributed by atoms with E-state index in [0.29, 0.717) is 21.4 Å². The van der Waals surface area contributed by atoms with Gasteiger partial charge in [-0.25, -0.2) is 5.43 Å². The number of benzene rings is 1. The third kappa shape index (κ3) is 3.29. The van der Waals surface area contributed by atoms with E-state index in [9.17, 15) is 9.90 Å². The smallest absolute Gasteiger partial charge is 0.274 e. The van der Waals surface area contributed by atoms with Gasteiger partial charge in [0.05, 0.1) is 22.5 Å². The quantitative estimate of drug-likeness (QED) is 0.609. The summed E-state index contributed by atoms with van der Waals surface area (Å²) in [4.78, 5) is 11.8. The number of halogens is 2. The molecule has 0 spiro atoms. The van der Waals surface area contributed by atoms with Gasteiger partial charge in [0.1, 0.15) is 11.5 Å². The average Bonchev–Trinajstić information content (AvgIpc) is 2.81. The van der Waals surface area contributed by atoms with E-state index in [1.807, 2.05) is 0 Å². The van der Waals surface area contributed by atoms with Gasteiger partial charge in [0.2, 0.25) is 0 Å². The highest BCUT2D eigenvalue weighted by Crippen LogP contribution is 2.29. The van der Waals surface area contributed by atoms with Crippen molar-refractivity contribution in [3.63, 3.8) is 0 Å². The summed E-state index contributed by atoms with van der Waals surface area (Å²) in [7, 11) is 0. The van der Waals surface area contributed by atoms with Crippen molar-refractivity contribution < 1.29 is 14.3 Å². The lowest BCUT2D eigenvalue weighted by molar-refractivity contribution is 0.0953. The summed E-state index contributed by atoms with van der Waals surface area (Å²) in [6.07, 6.45) is 2.88. The van der Waals surface area contributed by atoms with E-state index in [0.717, 1.165) is 4.47 Å². The lowest BCUT2D eigenvalue weighted by atomic mass is 10.2. The van der Waals surface area contributed by atoms with Gasteiger partial charge in [0, 0.05) is 10.0 Å². The zero-order valence-corrected chi connectivity index (χ0v) is 13.5. The van der Waals surface area contributed by atoms with Crippen LogP contribution in [0.15, 0.2) is 42.9 Å². The maximum absolute atomic E-state index is 11.8. The minimum absolute atomic E-state index is 0.0895. The Hall–Kier alpha value is -1.60. The minimum atomic E-state index is -0.357. The van der Waals surface area contributed by atoms with Gasteiger partial charge >= 0.3 is 0 Å². The van der Waals surface area contributed by atoms with Crippen molar-refractivity contribution >= 4 is 44.0 Å². The molecule has 1 amide bonds. The number of nitrogens with zero attached hydrogens (tertiary/aromatic N) is 1. The third-order valence-corrected chi connectivity index (χ3v) is 3.86. The van der Waals surface area contributed by atoms with Crippen LogP contribution in [0, 0.1) is 6.92 Å². The standard InChI is InChI=1S/C13H10Br2N2O3/c1-7-9(2-3-20-7)13(19)17-16-6-8-4-12(18)11(15)5-10(8)14/h2-6,18H,1H3,(H,17,19). The summed E-state index contributed by atoms with van der Waals surface area (Å²) < 4.78 is 6.34. The molecule has 5 nitrogen and oxygen atoms in total. The van der Waals surface area contributed by atoms with E-state index in [1.54, 1.807) is 19.1 Å². The molecule has 0 bridgehead atoms. The maximum Gasteiger partial charge on any atom is 0.274 e. The molecule has 0 saturated heterocycles. The average molecular weight is 402 g/mol.